The minimum atomic E-state index is -0.473. The van der Waals surface area contributed by atoms with Crippen LogP contribution in [0.2, 0.25) is 0 Å². The third kappa shape index (κ3) is 3.19. The molecule has 0 aliphatic heterocycles. The summed E-state index contributed by atoms with van der Waals surface area (Å²) in [6, 6.07) is 11.8. The SMILES string of the molecule is CCOC(=O)c1cn(Cc2ccccc2F)c2ccc(-c3ccon3)nc12. The van der Waals surface area contributed by atoms with Crippen LogP contribution in [0.4, 0.5) is 4.39 Å². The van der Waals surface area contributed by atoms with E-state index in [9.17, 15) is 9.18 Å². The van der Waals surface area contributed by atoms with Crippen molar-refractivity contribution in [2.45, 2.75) is 13.5 Å². The van der Waals surface area contributed by atoms with Gasteiger partial charge in [-0.25, -0.2) is 14.2 Å². The number of carbonyl (C=O) groups excluding carboxylic acids is 1. The second-order valence-corrected chi connectivity index (χ2v) is 5.93. The molecule has 0 atom stereocenters. The molecule has 1 aromatic carbocycles. The van der Waals surface area contributed by atoms with Gasteiger partial charge in [0.05, 0.1) is 24.4 Å². The molecule has 0 aliphatic rings. The van der Waals surface area contributed by atoms with Crippen LogP contribution in [-0.4, -0.2) is 27.3 Å². The zero-order valence-electron chi connectivity index (χ0n) is 14.6. The van der Waals surface area contributed by atoms with E-state index in [-0.39, 0.29) is 19.0 Å². The number of hydrogen-bond acceptors (Lipinski definition) is 5. The van der Waals surface area contributed by atoms with Crippen LogP contribution in [0.15, 0.2) is 59.4 Å². The lowest BCUT2D eigenvalue weighted by Crippen LogP contribution is -2.04. The highest BCUT2D eigenvalue weighted by atomic mass is 19.1. The first-order valence-corrected chi connectivity index (χ1v) is 8.48. The van der Waals surface area contributed by atoms with Crippen molar-refractivity contribution < 1.29 is 18.4 Å². The minimum absolute atomic E-state index is 0.252. The van der Waals surface area contributed by atoms with Gasteiger partial charge in [-0.05, 0) is 25.1 Å². The Kier molecular flexibility index (Phi) is 4.42. The monoisotopic (exact) mass is 365 g/mol. The standard InChI is InChI=1S/C20H16FN3O3/c1-2-26-20(25)14-12-24(11-13-5-3-4-6-15(13)21)18-8-7-16(22-19(14)18)17-9-10-27-23-17/h3-10,12H,2,11H2,1H3. The third-order valence-electron chi connectivity index (χ3n) is 4.22. The third-order valence-corrected chi connectivity index (χ3v) is 4.22. The largest absolute Gasteiger partial charge is 0.462 e. The highest BCUT2D eigenvalue weighted by molar-refractivity contribution is 6.03. The molecule has 4 rings (SSSR count). The molecule has 6 nitrogen and oxygen atoms in total. The predicted molar refractivity (Wildman–Crippen MR) is 96.7 cm³/mol. The molecule has 0 fully saturated rings. The molecule has 3 heterocycles. The van der Waals surface area contributed by atoms with Gasteiger partial charge in [0, 0.05) is 17.8 Å². The lowest BCUT2D eigenvalue weighted by Gasteiger charge is -2.06. The Balaban J connectivity index is 1.84. The summed E-state index contributed by atoms with van der Waals surface area (Å²) < 4.78 is 25.9. The molecule has 0 N–H and O–H groups in total. The number of hydrogen-bond donors (Lipinski definition) is 0. The number of ether oxygens (including phenoxy) is 1. The number of halogens is 1. The van der Waals surface area contributed by atoms with Gasteiger partial charge in [-0.2, -0.15) is 0 Å². The van der Waals surface area contributed by atoms with Crippen LogP contribution in [0.5, 0.6) is 0 Å². The van der Waals surface area contributed by atoms with Gasteiger partial charge in [-0.15, -0.1) is 0 Å². The van der Waals surface area contributed by atoms with E-state index in [1.807, 2.05) is 6.07 Å². The molecular formula is C20H16FN3O3. The molecule has 0 aliphatic carbocycles. The average molecular weight is 365 g/mol. The predicted octanol–water partition coefficient (Wildman–Crippen LogP) is 4.06. The van der Waals surface area contributed by atoms with Gasteiger partial charge < -0.3 is 13.8 Å². The molecule has 0 radical (unpaired) electrons. The first-order valence-electron chi connectivity index (χ1n) is 8.48. The Bertz CT molecular complexity index is 1100. The Morgan fingerprint density at radius 2 is 2.04 bits per heavy atom. The van der Waals surface area contributed by atoms with E-state index in [1.165, 1.54) is 12.3 Å². The number of aromatic nitrogens is 3. The van der Waals surface area contributed by atoms with E-state index >= 15 is 0 Å². The first kappa shape index (κ1) is 17.0. The molecular weight excluding hydrogens is 349 g/mol. The molecule has 0 unspecified atom stereocenters. The van der Waals surface area contributed by atoms with Gasteiger partial charge in [-0.1, -0.05) is 23.4 Å². The summed E-state index contributed by atoms with van der Waals surface area (Å²) in [5.41, 5.74) is 3.16. The van der Waals surface area contributed by atoms with Gasteiger partial charge in [0.25, 0.3) is 0 Å². The number of nitrogens with zero attached hydrogens (tertiary/aromatic N) is 3. The Morgan fingerprint density at radius 1 is 1.19 bits per heavy atom. The van der Waals surface area contributed by atoms with Crippen LogP contribution in [0.1, 0.15) is 22.8 Å². The normalized spacial score (nSPS) is 11.0. The summed E-state index contributed by atoms with van der Waals surface area (Å²) in [7, 11) is 0. The second-order valence-electron chi connectivity index (χ2n) is 5.93. The highest BCUT2D eigenvalue weighted by Gasteiger charge is 2.19. The molecule has 4 aromatic rings. The number of carbonyl (C=O) groups is 1. The van der Waals surface area contributed by atoms with Gasteiger partial charge in [-0.3, -0.25) is 0 Å². The van der Waals surface area contributed by atoms with Crippen molar-refractivity contribution in [2.75, 3.05) is 6.61 Å². The summed E-state index contributed by atoms with van der Waals surface area (Å²) >= 11 is 0. The van der Waals surface area contributed by atoms with E-state index in [0.29, 0.717) is 33.5 Å². The van der Waals surface area contributed by atoms with Gasteiger partial charge in [0.15, 0.2) is 0 Å². The summed E-state index contributed by atoms with van der Waals surface area (Å²) in [4.78, 5) is 17.0. The molecule has 7 heteroatoms. The molecule has 27 heavy (non-hydrogen) atoms. The van der Waals surface area contributed by atoms with E-state index in [2.05, 4.69) is 10.1 Å². The number of esters is 1. The summed E-state index contributed by atoms with van der Waals surface area (Å²) in [6.07, 6.45) is 3.10. The van der Waals surface area contributed by atoms with Crippen molar-refractivity contribution in [3.8, 4) is 11.4 Å². The lowest BCUT2D eigenvalue weighted by atomic mass is 10.2. The van der Waals surface area contributed by atoms with Crippen LogP contribution in [0.3, 0.4) is 0 Å². The van der Waals surface area contributed by atoms with Gasteiger partial charge >= 0.3 is 5.97 Å². The fourth-order valence-corrected chi connectivity index (χ4v) is 2.95. The van der Waals surface area contributed by atoms with E-state index in [0.717, 1.165) is 0 Å². The van der Waals surface area contributed by atoms with E-state index < -0.39 is 5.97 Å². The van der Waals surface area contributed by atoms with Crippen molar-refractivity contribution in [3.63, 3.8) is 0 Å². The number of rotatable bonds is 5. The maximum Gasteiger partial charge on any atom is 0.341 e. The van der Waals surface area contributed by atoms with E-state index in [4.69, 9.17) is 9.26 Å². The van der Waals surface area contributed by atoms with Gasteiger partial charge in [0.1, 0.15) is 28.9 Å². The summed E-state index contributed by atoms with van der Waals surface area (Å²) in [5, 5.41) is 3.88. The number of pyridine rings is 1. The van der Waals surface area contributed by atoms with Crippen molar-refractivity contribution in [3.05, 3.63) is 71.9 Å². The molecule has 0 saturated carbocycles. The van der Waals surface area contributed by atoms with Crippen molar-refractivity contribution in [1.29, 1.82) is 0 Å². The zero-order valence-corrected chi connectivity index (χ0v) is 14.6. The lowest BCUT2D eigenvalue weighted by molar-refractivity contribution is 0.0528. The highest BCUT2D eigenvalue weighted by Crippen LogP contribution is 2.26. The zero-order chi connectivity index (χ0) is 18.8. The Labute approximate surface area is 154 Å². The van der Waals surface area contributed by atoms with Crippen LogP contribution >= 0.6 is 0 Å². The molecule has 0 bridgehead atoms. The summed E-state index contributed by atoms with van der Waals surface area (Å²) in [6.45, 7) is 2.26. The molecule has 3 aromatic heterocycles. The van der Waals surface area contributed by atoms with Crippen molar-refractivity contribution in [2.24, 2.45) is 0 Å². The molecule has 136 valence electrons. The molecule has 0 spiro atoms. The van der Waals surface area contributed by atoms with E-state index in [1.54, 1.807) is 48.0 Å². The minimum Gasteiger partial charge on any atom is -0.462 e. The average Bonchev–Trinajstić information content (AvgIpc) is 3.32. The quantitative estimate of drug-likeness (QED) is 0.499. The van der Waals surface area contributed by atoms with Gasteiger partial charge in [0.2, 0.25) is 0 Å². The Hall–Kier alpha value is -3.48. The molecule has 0 saturated heterocycles. The fourth-order valence-electron chi connectivity index (χ4n) is 2.95. The van der Waals surface area contributed by atoms with Crippen LogP contribution in [-0.2, 0) is 11.3 Å². The van der Waals surface area contributed by atoms with Crippen LogP contribution in [0.25, 0.3) is 22.4 Å². The smallest absolute Gasteiger partial charge is 0.341 e. The maximum absolute atomic E-state index is 14.1. The fraction of sp³-hybridized carbons (Fsp3) is 0.150. The first-order chi connectivity index (χ1) is 13.2. The van der Waals surface area contributed by atoms with Crippen molar-refractivity contribution >= 4 is 17.0 Å². The number of benzene rings is 1. The van der Waals surface area contributed by atoms with Crippen LogP contribution < -0.4 is 0 Å². The molecule has 0 amide bonds. The number of fused-ring (bicyclic) bond motifs is 1. The second kappa shape index (κ2) is 7.03. The van der Waals surface area contributed by atoms with Crippen LogP contribution in [0, 0.1) is 5.82 Å². The van der Waals surface area contributed by atoms with Crippen molar-refractivity contribution in [1.82, 2.24) is 14.7 Å². The Morgan fingerprint density at radius 3 is 2.78 bits per heavy atom. The topological polar surface area (TPSA) is 70.2 Å². The maximum atomic E-state index is 14.1. The summed E-state index contributed by atoms with van der Waals surface area (Å²) in [5.74, 6) is -0.774.